The van der Waals surface area contributed by atoms with Crippen LogP contribution >= 0.6 is 11.8 Å². The lowest BCUT2D eigenvalue weighted by Crippen LogP contribution is -2.41. The highest BCUT2D eigenvalue weighted by Crippen LogP contribution is 2.37. The van der Waals surface area contributed by atoms with Crippen molar-refractivity contribution in [2.45, 2.75) is 43.6 Å². The van der Waals surface area contributed by atoms with Gasteiger partial charge in [-0.1, -0.05) is 24.6 Å². The average molecular weight is 270 g/mol. The number of amidine groups is 1. The van der Waals surface area contributed by atoms with Gasteiger partial charge in [-0.2, -0.15) is 8.78 Å². The molecule has 1 aliphatic carbocycles. The lowest BCUT2D eigenvalue weighted by Gasteiger charge is -2.22. The Labute approximate surface area is 101 Å². The van der Waals surface area contributed by atoms with E-state index in [1.54, 1.807) is 0 Å². The minimum atomic E-state index is -4.03. The molecule has 0 aromatic carbocycles. The fourth-order valence-corrected chi connectivity index (χ4v) is 3.38. The Hall–Kier alpha value is -0.460. The molecule has 1 saturated carbocycles. The second-order valence-electron chi connectivity index (χ2n) is 4.58. The van der Waals surface area contributed by atoms with Crippen LogP contribution in [0, 0.1) is 0 Å². The summed E-state index contributed by atoms with van der Waals surface area (Å²) in [6, 6.07) is 0. The lowest BCUT2D eigenvalue weighted by molar-refractivity contribution is -0.119. The van der Waals surface area contributed by atoms with Gasteiger partial charge >= 0.3 is 12.3 Å². The number of nitrogens with one attached hydrogen (secondary N) is 1. The molecule has 0 bridgehead atoms. The molecular formula is C10H14F4N2S. The molecule has 2 nitrogen and oxygen atoms in total. The summed E-state index contributed by atoms with van der Waals surface area (Å²) in [5, 5.41) is 3.49. The van der Waals surface area contributed by atoms with Gasteiger partial charge in [-0.05, 0) is 12.8 Å². The maximum atomic E-state index is 12.7. The highest BCUT2D eigenvalue weighted by atomic mass is 32.2. The van der Waals surface area contributed by atoms with Gasteiger partial charge in [0, 0.05) is 11.3 Å². The quantitative estimate of drug-likeness (QED) is 0.797. The molecular weight excluding hydrogens is 256 g/mol. The first-order chi connectivity index (χ1) is 7.94. The Bertz CT molecular complexity index is 313. The molecule has 2 aliphatic rings. The third-order valence-corrected chi connectivity index (χ3v) is 4.37. The summed E-state index contributed by atoms with van der Waals surface area (Å²) < 4.78 is 49.2. The summed E-state index contributed by atoms with van der Waals surface area (Å²) in [6.07, 6.45) is 0.593. The predicted octanol–water partition coefficient (Wildman–Crippen LogP) is 2.89. The molecule has 0 radical (unpaired) electrons. The molecule has 1 heterocycles. The zero-order valence-electron chi connectivity index (χ0n) is 9.19. The van der Waals surface area contributed by atoms with E-state index >= 15 is 0 Å². The van der Waals surface area contributed by atoms with Crippen molar-refractivity contribution in [3.05, 3.63) is 0 Å². The number of rotatable bonds is 3. The van der Waals surface area contributed by atoms with E-state index in [0.717, 1.165) is 31.4 Å². The number of halogens is 4. The van der Waals surface area contributed by atoms with E-state index in [1.165, 1.54) is 11.8 Å². The van der Waals surface area contributed by atoms with Gasteiger partial charge in [0.2, 0.25) is 0 Å². The van der Waals surface area contributed by atoms with E-state index < -0.39 is 18.9 Å². The highest BCUT2D eigenvalue weighted by molar-refractivity contribution is 8.14. The normalized spacial score (nSPS) is 26.1. The van der Waals surface area contributed by atoms with Crippen LogP contribution in [0.1, 0.15) is 25.7 Å². The van der Waals surface area contributed by atoms with Crippen molar-refractivity contribution in [1.29, 1.82) is 0 Å². The minimum Gasteiger partial charge on any atom is -0.359 e. The van der Waals surface area contributed by atoms with Crippen LogP contribution in [0.4, 0.5) is 17.6 Å². The fraction of sp³-hybridized carbons (Fsp3) is 0.900. The highest BCUT2D eigenvalue weighted by Gasteiger charge is 2.42. The molecule has 0 atom stereocenters. The first-order valence-electron chi connectivity index (χ1n) is 5.55. The molecule has 2 fully saturated rings. The molecule has 0 aromatic heterocycles. The molecule has 0 aromatic rings. The van der Waals surface area contributed by atoms with Crippen LogP contribution in [0.2, 0.25) is 0 Å². The van der Waals surface area contributed by atoms with Gasteiger partial charge in [0.15, 0.2) is 5.17 Å². The second-order valence-corrected chi connectivity index (χ2v) is 5.55. The van der Waals surface area contributed by atoms with Crippen LogP contribution in [0.25, 0.3) is 0 Å². The molecule has 1 spiro atoms. The van der Waals surface area contributed by atoms with Gasteiger partial charge in [0.1, 0.15) is 6.54 Å². The topological polar surface area (TPSA) is 24.4 Å². The molecule has 1 N–H and O–H groups in total. The van der Waals surface area contributed by atoms with Crippen molar-refractivity contribution in [2.24, 2.45) is 4.99 Å². The third-order valence-electron chi connectivity index (χ3n) is 3.17. The largest absolute Gasteiger partial charge is 0.359 e. The van der Waals surface area contributed by atoms with Crippen LogP contribution in [0.15, 0.2) is 4.99 Å². The smallest absolute Gasteiger partial charge is 0.326 e. The van der Waals surface area contributed by atoms with Crippen LogP contribution < -0.4 is 5.32 Å². The Morgan fingerprint density at radius 3 is 2.59 bits per heavy atom. The molecule has 1 saturated heterocycles. The van der Waals surface area contributed by atoms with Crippen molar-refractivity contribution >= 4 is 16.9 Å². The van der Waals surface area contributed by atoms with Crippen LogP contribution in [0.5, 0.6) is 0 Å². The Kier molecular flexibility index (Phi) is 3.56. The van der Waals surface area contributed by atoms with Gasteiger partial charge in [0.05, 0.1) is 0 Å². The molecule has 0 amide bonds. The van der Waals surface area contributed by atoms with Gasteiger partial charge in [0.25, 0.3) is 0 Å². The number of thioether (sulfide) groups is 1. The van der Waals surface area contributed by atoms with Crippen molar-refractivity contribution < 1.29 is 17.6 Å². The summed E-state index contributed by atoms with van der Waals surface area (Å²) in [6.45, 7) is -1.14. The van der Waals surface area contributed by atoms with E-state index in [-0.39, 0.29) is 5.54 Å². The summed E-state index contributed by atoms with van der Waals surface area (Å²) in [7, 11) is 0. The standard InChI is InChI=1S/C10H14F4N2S/c11-7(12)10(13,14)5-15-8-16-9(6-17-8)3-1-2-4-9/h7H,1-6H2,(H,15,16). The zero-order chi connectivity index (χ0) is 12.5. The molecule has 1 aliphatic heterocycles. The first-order valence-corrected chi connectivity index (χ1v) is 6.54. The van der Waals surface area contributed by atoms with E-state index in [9.17, 15) is 17.6 Å². The number of alkyl halides is 4. The van der Waals surface area contributed by atoms with Crippen molar-refractivity contribution in [2.75, 3.05) is 12.3 Å². The zero-order valence-corrected chi connectivity index (χ0v) is 10.0. The Balaban J connectivity index is 1.92. The number of hydrogen-bond donors (Lipinski definition) is 1. The summed E-state index contributed by atoms with van der Waals surface area (Å²) in [5.41, 5.74) is -0.0242. The fourth-order valence-electron chi connectivity index (χ4n) is 2.16. The van der Waals surface area contributed by atoms with Gasteiger partial charge < -0.3 is 5.32 Å². The van der Waals surface area contributed by atoms with Crippen LogP contribution in [-0.2, 0) is 0 Å². The maximum Gasteiger partial charge on any atom is 0.326 e. The Morgan fingerprint density at radius 1 is 1.35 bits per heavy atom. The van der Waals surface area contributed by atoms with Gasteiger partial charge in [-0.15, -0.1) is 0 Å². The van der Waals surface area contributed by atoms with Crippen molar-refractivity contribution in [3.63, 3.8) is 0 Å². The molecule has 0 unspecified atom stereocenters. The minimum absolute atomic E-state index is 0.0242. The summed E-state index contributed by atoms with van der Waals surface area (Å²) in [4.78, 5) is 3.57. The maximum absolute atomic E-state index is 12.7. The summed E-state index contributed by atoms with van der Waals surface area (Å²) >= 11 is 1.35. The van der Waals surface area contributed by atoms with Crippen LogP contribution in [0.3, 0.4) is 0 Å². The van der Waals surface area contributed by atoms with E-state index in [4.69, 9.17) is 0 Å². The van der Waals surface area contributed by atoms with E-state index in [2.05, 4.69) is 10.3 Å². The third kappa shape index (κ3) is 2.86. The predicted molar refractivity (Wildman–Crippen MR) is 60.0 cm³/mol. The van der Waals surface area contributed by atoms with Gasteiger partial charge in [-0.25, -0.2) is 8.78 Å². The van der Waals surface area contributed by atoms with Crippen LogP contribution in [-0.4, -0.2) is 35.4 Å². The van der Waals surface area contributed by atoms with E-state index in [0.29, 0.717) is 5.17 Å². The number of aliphatic imine (C=N–C) groups is 1. The molecule has 2 rings (SSSR count). The first kappa shape index (κ1) is 13.0. The molecule has 98 valence electrons. The Morgan fingerprint density at radius 2 is 2.00 bits per heavy atom. The number of hydrogen-bond acceptors (Lipinski definition) is 2. The molecule has 17 heavy (non-hydrogen) atoms. The SMILES string of the molecule is FC(F)C(F)(F)CN=C1NC2(CCCC2)CS1. The average Bonchev–Trinajstić information content (AvgIpc) is 2.87. The number of nitrogens with zero attached hydrogens (tertiary/aromatic N) is 1. The molecule has 7 heteroatoms. The van der Waals surface area contributed by atoms with Gasteiger partial charge in [-0.3, -0.25) is 4.99 Å². The van der Waals surface area contributed by atoms with Crippen molar-refractivity contribution in [3.8, 4) is 0 Å². The van der Waals surface area contributed by atoms with Crippen molar-refractivity contribution in [1.82, 2.24) is 5.32 Å². The summed E-state index contributed by atoms with van der Waals surface area (Å²) in [5.74, 6) is -3.23. The van der Waals surface area contributed by atoms with E-state index in [1.807, 2.05) is 0 Å². The lowest BCUT2D eigenvalue weighted by atomic mass is 10.0. The second kappa shape index (κ2) is 4.66. The monoisotopic (exact) mass is 270 g/mol.